The van der Waals surface area contributed by atoms with Gasteiger partial charge < -0.3 is 5.32 Å². The first-order valence-corrected chi connectivity index (χ1v) is 7.89. The molecule has 1 aliphatic rings. The van der Waals surface area contributed by atoms with E-state index in [0.29, 0.717) is 6.04 Å². The van der Waals surface area contributed by atoms with Crippen molar-refractivity contribution in [2.75, 3.05) is 0 Å². The van der Waals surface area contributed by atoms with Crippen LogP contribution in [0.25, 0.3) is 0 Å². The summed E-state index contributed by atoms with van der Waals surface area (Å²) in [5, 5.41) is 7.47. The van der Waals surface area contributed by atoms with Crippen molar-refractivity contribution in [2.24, 2.45) is 0 Å². The van der Waals surface area contributed by atoms with Crippen molar-refractivity contribution in [1.29, 1.82) is 0 Å². The lowest BCUT2D eigenvalue weighted by atomic mass is 10.1. The maximum atomic E-state index is 6.35. The fourth-order valence-corrected chi connectivity index (χ4v) is 3.39. The molecule has 0 radical (unpaired) electrons. The number of thiazole rings is 1. The molecule has 0 saturated heterocycles. The van der Waals surface area contributed by atoms with Gasteiger partial charge in [-0.05, 0) is 30.5 Å². The zero-order valence-electron chi connectivity index (χ0n) is 9.57. The van der Waals surface area contributed by atoms with E-state index in [1.54, 1.807) is 11.3 Å². The highest BCUT2D eigenvalue weighted by Gasteiger charge is 2.28. The van der Waals surface area contributed by atoms with Crippen LogP contribution in [-0.4, -0.2) is 11.0 Å². The molecule has 0 aliphatic heterocycles. The maximum Gasteiger partial charge on any atom is 0.114 e. The topological polar surface area (TPSA) is 24.9 Å². The smallest absolute Gasteiger partial charge is 0.114 e. The summed E-state index contributed by atoms with van der Waals surface area (Å²) in [6.07, 6.45) is 4.33. The van der Waals surface area contributed by atoms with E-state index in [2.05, 4.69) is 32.3 Å². The van der Waals surface area contributed by atoms with Crippen molar-refractivity contribution in [3.8, 4) is 0 Å². The van der Waals surface area contributed by atoms with Gasteiger partial charge in [0.1, 0.15) is 5.01 Å². The van der Waals surface area contributed by atoms with Crippen LogP contribution in [0.3, 0.4) is 0 Å². The van der Waals surface area contributed by atoms with Crippen LogP contribution in [0.2, 0.25) is 5.02 Å². The van der Waals surface area contributed by atoms with Crippen LogP contribution >= 0.6 is 38.9 Å². The number of nitrogens with zero attached hydrogens (tertiary/aromatic N) is 1. The molecule has 0 spiro atoms. The van der Waals surface area contributed by atoms with Crippen molar-refractivity contribution in [1.82, 2.24) is 10.3 Å². The van der Waals surface area contributed by atoms with Crippen LogP contribution in [0.4, 0.5) is 0 Å². The van der Waals surface area contributed by atoms with Crippen LogP contribution in [0.1, 0.15) is 29.5 Å². The summed E-state index contributed by atoms with van der Waals surface area (Å²) in [6, 6.07) is 6.74. The standard InChI is InChI=1S/C13H12BrClN2S/c14-8-1-4-10(11(15)7-8)12(17-9-2-3-9)13-16-5-6-18-13/h1,4-7,9,12,17H,2-3H2. The van der Waals surface area contributed by atoms with E-state index in [1.165, 1.54) is 12.8 Å². The Bertz CT molecular complexity index is 540. The highest BCUT2D eigenvalue weighted by atomic mass is 79.9. The van der Waals surface area contributed by atoms with Gasteiger partial charge in [0.2, 0.25) is 0 Å². The van der Waals surface area contributed by atoms with Crippen molar-refractivity contribution >= 4 is 38.9 Å². The highest BCUT2D eigenvalue weighted by Crippen LogP contribution is 2.34. The van der Waals surface area contributed by atoms with Crippen LogP contribution in [0, 0.1) is 0 Å². The third-order valence-corrected chi connectivity index (χ3v) is 4.61. The Balaban J connectivity index is 1.96. The lowest BCUT2D eigenvalue weighted by Crippen LogP contribution is -2.24. The van der Waals surface area contributed by atoms with Crippen LogP contribution in [-0.2, 0) is 0 Å². The zero-order valence-corrected chi connectivity index (χ0v) is 12.7. The molecule has 2 nitrogen and oxygen atoms in total. The number of aromatic nitrogens is 1. The van der Waals surface area contributed by atoms with Gasteiger partial charge in [-0.15, -0.1) is 11.3 Å². The second-order valence-electron chi connectivity index (χ2n) is 4.41. The molecule has 5 heteroatoms. The summed E-state index contributed by atoms with van der Waals surface area (Å²) < 4.78 is 1.00. The molecule has 1 unspecified atom stereocenters. The predicted molar refractivity (Wildman–Crippen MR) is 79.3 cm³/mol. The number of nitrogens with one attached hydrogen (secondary N) is 1. The molecular formula is C13H12BrClN2S. The maximum absolute atomic E-state index is 6.35. The van der Waals surface area contributed by atoms with Gasteiger partial charge in [-0.1, -0.05) is 33.6 Å². The number of hydrogen-bond donors (Lipinski definition) is 1. The van der Waals surface area contributed by atoms with Crippen molar-refractivity contribution < 1.29 is 0 Å². The van der Waals surface area contributed by atoms with Crippen molar-refractivity contribution in [3.05, 3.63) is 49.8 Å². The Kier molecular flexibility index (Phi) is 3.71. The molecule has 1 fully saturated rings. The van der Waals surface area contributed by atoms with Crippen LogP contribution in [0.5, 0.6) is 0 Å². The monoisotopic (exact) mass is 342 g/mol. The lowest BCUT2D eigenvalue weighted by Gasteiger charge is -2.18. The Morgan fingerprint density at radius 1 is 1.44 bits per heavy atom. The first-order chi connectivity index (χ1) is 8.74. The van der Waals surface area contributed by atoms with Gasteiger partial charge in [0, 0.05) is 27.1 Å². The van der Waals surface area contributed by atoms with E-state index in [-0.39, 0.29) is 6.04 Å². The molecule has 1 aromatic heterocycles. The third-order valence-electron chi connectivity index (χ3n) is 2.95. The molecule has 1 N–H and O–H groups in total. The molecule has 0 amide bonds. The molecule has 18 heavy (non-hydrogen) atoms. The fraction of sp³-hybridized carbons (Fsp3) is 0.308. The SMILES string of the molecule is Clc1cc(Br)ccc1C(NC1CC1)c1nccs1. The second kappa shape index (κ2) is 5.29. The number of halogens is 2. The minimum atomic E-state index is 0.109. The average Bonchev–Trinajstić information content (AvgIpc) is 3.00. The molecule has 1 atom stereocenters. The minimum absolute atomic E-state index is 0.109. The quantitative estimate of drug-likeness (QED) is 0.890. The van der Waals surface area contributed by atoms with E-state index >= 15 is 0 Å². The van der Waals surface area contributed by atoms with Gasteiger partial charge in [0.15, 0.2) is 0 Å². The first kappa shape index (κ1) is 12.6. The van der Waals surface area contributed by atoms with Gasteiger partial charge in [-0.25, -0.2) is 4.98 Å². The van der Waals surface area contributed by atoms with E-state index < -0.39 is 0 Å². The number of benzene rings is 1. The van der Waals surface area contributed by atoms with E-state index in [4.69, 9.17) is 11.6 Å². The van der Waals surface area contributed by atoms with E-state index in [0.717, 1.165) is 20.1 Å². The molecule has 1 aliphatic carbocycles. The fourth-order valence-electron chi connectivity index (χ4n) is 1.89. The molecule has 0 bridgehead atoms. The normalized spacial score (nSPS) is 16.8. The van der Waals surface area contributed by atoms with Crippen LogP contribution < -0.4 is 5.32 Å². The molecule has 1 saturated carbocycles. The average molecular weight is 344 g/mol. The van der Waals surface area contributed by atoms with E-state index in [1.807, 2.05) is 23.7 Å². The molecule has 2 aromatic rings. The van der Waals surface area contributed by atoms with Gasteiger partial charge in [0.25, 0.3) is 0 Å². The highest BCUT2D eigenvalue weighted by molar-refractivity contribution is 9.10. The molecule has 3 rings (SSSR count). The molecule has 1 aromatic carbocycles. The third kappa shape index (κ3) is 2.77. The Labute approximate surface area is 124 Å². The summed E-state index contributed by atoms with van der Waals surface area (Å²) in [4.78, 5) is 4.42. The summed E-state index contributed by atoms with van der Waals surface area (Å²) in [7, 11) is 0. The zero-order chi connectivity index (χ0) is 12.5. The predicted octanol–water partition coefficient (Wildman–Crippen LogP) is 4.40. The Hall–Kier alpha value is -0.420. The largest absolute Gasteiger partial charge is 0.301 e. The van der Waals surface area contributed by atoms with E-state index in [9.17, 15) is 0 Å². The van der Waals surface area contributed by atoms with Gasteiger partial charge in [0.05, 0.1) is 6.04 Å². The molecule has 1 heterocycles. The number of rotatable bonds is 4. The molecule has 94 valence electrons. The van der Waals surface area contributed by atoms with Gasteiger partial charge >= 0.3 is 0 Å². The van der Waals surface area contributed by atoms with Gasteiger partial charge in [-0.3, -0.25) is 0 Å². The second-order valence-corrected chi connectivity index (χ2v) is 6.66. The minimum Gasteiger partial charge on any atom is -0.301 e. The summed E-state index contributed by atoms with van der Waals surface area (Å²) >= 11 is 11.5. The van der Waals surface area contributed by atoms with Crippen molar-refractivity contribution in [3.63, 3.8) is 0 Å². The molecular weight excluding hydrogens is 332 g/mol. The van der Waals surface area contributed by atoms with Crippen LogP contribution in [0.15, 0.2) is 34.2 Å². The number of hydrogen-bond acceptors (Lipinski definition) is 3. The Morgan fingerprint density at radius 2 is 2.28 bits per heavy atom. The summed E-state index contributed by atoms with van der Waals surface area (Å²) in [5.41, 5.74) is 1.10. The van der Waals surface area contributed by atoms with Gasteiger partial charge in [-0.2, -0.15) is 0 Å². The first-order valence-electron chi connectivity index (χ1n) is 5.84. The van der Waals surface area contributed by atoms with Crippen molar-refractivity contribution in [2.45, 2.75) is 24.9 Å². The Morgan fingerprint density at radius 3 is 2.89 bits per heavy atom. The lowest BCUT2D eigenvalue weighted by molar-refractivity contribution is 0.598. The summed E-state index contributed by atoms with van der Waals surface area (Å²) in [5.74, 6) is 0. The summed E-state index contributed by atoms with van der Waals surface area (Å²) in [6.45, 7) is 0.